The van der Waals surface area contributed by atoms with Gasteiger partial charge in [-0.25, -0.2) is 4.98 Å². The van der Waals surface area contributed by atoms with E-state index in [1.165, 1.54) is 0 Å². The molecule has 3 aliphatic carbocycles. The minimum absolute atomic E-state index is 0.0147. The molecule has 2 aromatic rings. The molecule has 0 unspecified atom stereocenters. The number of hydrogen-bond donors (Lipinski definition) is 1. The molecule has 4 aliphatic rings. The Labute approximate surface area is 207 Å². The molecule has 0 spiro atoms. The fourth-order valence-corrected chi connectivity index (χ4v) is 8.31. The van der Waals surface area contributed by atoms with Crippen molar-refractivity contribution in [3.8, 4) is 5.75 Å². The van der Waals surface area contributed by atoms with Gasteiger partial charge in [-0.05, 0) is 79.7 Å². The number of rotatable bonds is 2. The highest BCUT2D eigenvalue weighted by Gasteiger charge is 2.61. The van der Waals surface area contributed by atoms with Crippen LogP contribution < -0.4 is 4.74 Å². The van der Waals surface area contributed by atoms with Crippen molar-refractivity contribution in [3.63, 3.8) is 0 Å². The van der Waals surface area contributed by atoms with Gasteiger partial charge in [0.25, 0.3) is 0 Å². The third kappa shape index (κ3) is 3.23. The molecule has 1 N–H and O–H groups in total. The van der Waals surface area contributed by atoms with Gasteiger partial charge in [0.15, 0.2) is 0 Å². The number of benzene rings is 1. The Morgan fingerprint density at radius 2 is 1.97 bits per heavy atom. The largest absolute Gasteiger partial charge is 0.494 e. The molecule has 1 aliphatic heterocycles. The summed E-state index contributed by atoms with van der Waals surface area (Å²) in [6.07, 6.45) is 10.9. The zero-order valence-electron chi connectivity index (χ0n) is 21.2. The molecule has 1 aromatic carbocycles. The normalized spacial score (nSPS) is 39.5. The van der Waals surface area contributed by atoms with E-state index in [4.69, 9.17) is 9.72 Å². The zero-order valence-corrected chi connectivity index (χ0v) is 21.2. The summed E-state index contributed by atoms with van der Waals surface area (Å²) in [6, 6.07) is 10.4. The van der Waals surface area contributed by atoms with E-state index in [0.717, 1.165) is 60.0 Å². The maximum Gasteiger partial charge on any atom is 0.246 e. The summed E-state index contributed by atoms with van der Waals surface area (Å²) in [5.41, 5.74) is 2.75. The molecule has 0 bridgehead atoms. The second-order valence-electron chi connectivity index (χ2n) is 11.8. The monoisotopic (exact) mass is 472 g/mol. The Kier molecular flexibility index (Phi) is 5.16. The van der Waals surface area contributed by atoms with Crippen LogP contribution in [0.4, 0.5) is 0 Å². The number of pyridine rings is 1. The smallest absolute Gasteiger partial charge is 0.246 e. The van der Waals surface area contributed by atoms with Gasteiger partial charge in [0.1, 0.15) is 11.3 Å². The van der Waals surface area contributed by atoms with Gasteiger partial charge in [-0.15, -0.1) is 0 Å². The van der Waals surface area contributed by atoms with Gasteiger partial charge in [0.2, 0.25) is 5.91 Å². The Morgan fingerprint density at radius 1 is 1.14 bits per heavy atom. The van der Waals surface area contributed by atoms with E-state index in [1.54, 1.807) is 13.2 Å². The number of likely N-dealkylation sites (N-methyl/N-ethyl adjacent to an activating group) is 1. The molecule has 7 atom stereocenters. The van der Waals surface area contributed by atoms with E-state index in [0.29, 0.717) is 17.8 Å². The maximum atomic E-state index is 12.4. The summed E-state index contributed by atoms with van der Waals surface area (Å²) >= 11 is 0. The average molecular weight is 473 g/mol. The standard InChI is InChI=1S/C30H36N2O3/c1-29-15-13-26(33)32(3)25(29)11-10-21-22(29)12-14-30(2)23(21)17-19(28(30)34)16-20-9-8-18-6-5-7-24(35-4)27(18)31-20/h5-9,13,15-16,21-23,25,28,34H,10-12,14,17H2,1-4H3/b19-16+/t21-,22+,23+,25-,28+,29-,30+/m1/s1. The molecule has 0 saturated heterocycles. The number of carbonyl (C=O) groups excluding carboxylic acids is 1. The predicted octanol–water partition coefficient (Wildman–Crippen LogP) is 5.24. The van der Waals surface area contributed by atoms with Gasteiger partial charge in [0.05, 0.1) is 18.9 Å². The fourth-order valence-electron chi connectivity index (χ4n) is 8.31. The van der Waals surface area contributed by atoms with Gasteiger partial charge in [-0.2, -0.15) is 0 Å². The van der Waals surface area contributed by atoms with E-state index in [1.807, 2.05) is 36.2 Å². The van der Waals surface area contributed by atoms with Crippen molar-refractivity contribution < 1.29 is 14.6 Å². The van der Waals surface area contributed by atoms with Crippen molar-refractivity contribution in [1.29, 1.82) is 0 Å². The van der Waals surface area contributed by atoms with Crippen molar-refractivity contribution in [2.75, 3.05) is 14.2 Å². The Balaban J connectivity index is 1.33. The zero-order chi connectivity index (χ0) is 24.5. The SMILES string of the molecule is COc1cccc2ccc(/C=C3\C[C@H]4[C@@H]5CC[C@H]6N(C)C(=O)C=C[C@]6(C)[C@H]5CC[C@]4(C)[C@H]3O)nc12. The maximum absolute atomic E-state index is 12.4. The van der Waals surface area contributed by atoms with E-state index < -0.39 is 6.10 Å². The summed E-state index contributed by atoms with van der Waals surface area (Å²) in [6.45, 7) is 4.67. The molecule has 184 valence electrons. The van der Waals surface area contributed by atoms with Crippen molar-refractivity contribution in [2.45, 2.75) is 58.1 Å². The predicted molar refractivity (Wildman–Crippen MR) is 138 cm³/mol. The highest BCUT2D eigenvalue weighted by Crippen LogP contribution is 2.65. The number of amides is 1. The van der Waals surface area contributed by atoms with Crippen LogP contribution >= 0.6 is 0 Å². The van der Waals surface area contributed by atoms with Crippen LogP contribution in [0.5, 0.6) is 5.75 Å². The highest BCUT2D eigenvalue weighted by molar-refractivity contribution is 5.89. The molecule has 5 heteroatoms. The first kappa shape index (κ1) is 22.8. The topological polar surface area (TPSA) is 62.7 Å². The van der Waals surface area contributed by atoms with E-state index in [9.17, 15) is 9.90 Å². The average Bonchev–Trinajstić information content (AvgIpc) is 3.11. The highest BCUT2D eigenvalue weighted by atomic mass is 16.5. The van der Waals surface area contributed by atoms with Crippen LogP contribution in [-0.4, -0.2) is 47.2 Å². The number of carbonyl (C=O) groups is 1. The molecule has 2 heterocycles. The van der Waals surface area contributed by atoms with Crippen molar-refractivity contribution >= 4 is 22.9 Å². The number of methoxy groups -OCH3 is 1. The van der Waals surface area contributed by atoms with Crippen molar-refractivity contribution in [2.24, 2.45) is 28.6 Å². The van der Waals surface area contributed by atoms with Gasteiger partial charge in [0, 0.05) is 29.3 Å². The van der Waals surface area contributed by atoms with Crippen LogP contribution in [0.1, 0.15) is 51.6 Å². The van der Waals surface area contributed by atoms with Gasteiger partial charge in [-0.1, -0.05) is 38.1 Å². The summed E-state index contributed by atoms with van der Waals surface area (Å²) < 4.78 is 5.53. The lowest BCUT2D eigenvalue weighted by atomic mass is 9.48. The summed E-state index contributed by atoms with van der Waals surface area (Å²) in [4.78, 5) is 19.2. The fraction of sp³-hybridized carbons (Fsp3) is 0.533. The molecule has 1 amide bonds. The summed E-state index contributed by atoms with van der Waals surface area (Å²) in [5, 5.41) is 12.6. The van der Waals surface area contributed by atoms with Crippen LogP contribution in [0.3, 0.4) is 0 Å². The first-order chi connectivity index (χ1) is 16.8. The molecule has 3 saturated carbocycles. The molecule has 6 rings (SSSR count). The molecular weight excluding hydrogens is 436 g/mol. The summed E-state index contributed by atoms with van der Waals surface area (Å²) in [7, 11) is 3.64. The lowest BCUT2D eigenvalue weighted by Gasteiger charge is -2.59. The van der Waals surface area contributed by atoms with Crippen LogP contribution in [0.25, 0.3) is 17.0 Å². The number of nitrogens with zero attached hydrogens (tertiary/aromatic N) is 2. The minimum Gasteiger partial charge on any atom is -0.494 e. The molecule has 35 heavy (non-hydrogen) atoms. The number of fused-ring (bicyclic) bond motifs is 6. The third-order valence-electron chi connectivity index (χ3n) is 10.3. The molecule has 5 nitrogen and oxygen atoms in total. The van der Waals surface area contributed by atoms with Crippen LogP contribution in [0.15, 0.2) is 48.1 Å². The van der Waals surface area contributed by atoms with Crippen molar-refractivity contribution in [1.82, 2.24) is 9.88 Å². The second-order valence-corrected chi connectivity index (χ2v) is 11.8. The molecule has 1 aromatic heterocycles. The third-order valence-corrected chi connectivity index (χ3v) is 10.3. The van der Waals surface area contributed by atoms with Gasteiger partial charge in [-0.3, -0.25) is 4.79 Å². The number of aliphatic hydroxyl groups is 1. The minimum atomic E-state index is -0.444. The Hall–Kier alpha value is -2.66. The number of aliphatic hydroxyl groups excluding tert-OH is 1. The van der Waals surface area contributed by atoms with E-state index in [-0.39, 0.29) is 22.8 Å². The van der Waals surface area contributed by atoms with Crippen LogP contribution in [0, 0.1) is 28.6 Å². The number of hydrogen-bond acceptors (Lipinski definition) is 4. The molecule has 3 fully saturated rings. The quantitative estimate of drug-likeness (QED) is 0.650. The van der Waals surface area contributed by atoms with Gasteiger partial charge < -0.3 is 14.7 Å². The van der Waals surface area contributed by atoms with E-state index >= 15 is 0 Å². The van der Waals surface area contributed by atoms with Gasteiger partial charge >= 0.3 is 0 Å². The molecule has 0 radical (unpaired) electrons. The van der Waals surface area contributed by atoms with Crippen LogP contribution in [-0.2, 0) is 4.79 Å². The number of para-hydroxylation sites is 1. The lowest BCUT2D eigenvalue weighted by molar-refractivity contribution is -0.140. The number of ether oxygens (including phenoxy) is 1. The first-order valence-electron chi connectivity index (χ1n) is 13.0. The first-order valence-corrected chi connectivity index (χ1v) is 13.0. The van der Waals surface area contributed by atoms with Crippen molar-refractivity contribution in [3.05, 3.63) is 53.8 Å². The second kappa shape index (κ2) is 7.92. The lowest BCUT2D eigenvalue weighted by Crippen LogP contribution is -2.59. The van der Waals surface area contributed by atoms with E-state index in [2.05, 4.69) is 32.1 Å². The molecular formula is C30H36N2O3. The Bertz CT molecular complexity index is 1250. The number of aromatic nitrogens is 1. The Morgan fingerprint density at radius 3 is 2.77 bits per heavy atom. The summed E-state index contributed by atoms with van der Waals surface area (Å²) in [5.74, 6) is 2.46. The van der Waals surface area contributed by atoms with Crippen LogP contribution in [0.2, 0.25) is 0 Å².